The van der Waals surface area contributed by atoms with Gasteiger partial charge in [-0.2, -0.15) is 13.2 Å². The average molecular weight is 307 g/mol. The van der Waals surface area contributed by atoms with Gasteiger partial charge in [0.15, 0.2) is 0 Å². The molecule has 1 aromatic rings. The van der Waals surface area contributed by atoms with E-state index in [1.54, 1.807) is 6.07 Å². The molecule has 1 aromatic carbocycles. The summed E-state index contributed by atoms with van der Waals surface area (Å²) in [6.45, 7) is 0. The maximum Gasteiger partial charge on any atom is 0.416 e. The van der Waals surface area contributed by atoms with Crippen LogP contribution in [-0.2, 0) is 12.6 Å². The minimum absolute atomic E-state index is 0.0563. The summed E-state index contributed by atoms with van der Waals surface area (Å²) in [6.07, 6.45) is -3.82. The topological polar surface area (TPSA) is 26.0 Å². The van der Waals surface area contributed by atoms with Crippen LogP contribution >= 0.6 is 0 Å². The molecule has 0 spiro atoms. The molecule has 1 atom stereocenters. The van der Waals surface area contributed by atoms with E-state index >= 15 is 0 Å². The van der Waals surface area contributed by atoms with Gasteiger partial charge >= 0.3 is 6.18 Å². The maximum absolute atomic E-state index is 13.1. The van der Waals surface area contributed by atoms with Crippen LogP contribution in [0.15, 0.2) is 24.3 Å². The van der Waals surface area contributed by atoms with Crippen LogP contribution < -0.4 is 5.73 Å². The van der Waals surface area contributed by atoms with Gasteiger partial charge in [-0.1, -0.05) is 18.2 Å². The first-order valence-electron chi connectivity index (χ1n) is 6.97. The molecule has 2 N–H and O–H groups in total. The minimum Gasteiger partial charge on any atom is -0.327 e. The number of rotatable bonds is 3. The molecule has 0 saturated heterocycles. The standard InChI is InChI=1S/C15H18F5N/c16-14(17)6-4-11(5-7-14)13(21)9-10-2-1-3-12(8-10)15(18,19)20/h1-3,8,11,13H,4-7,9,21H2. The second-order valence-electron chi connectivity index (χ2n) is 5.76. The van der Waals surface area contributed by atoms with Gasteiger partial charge in [-0.25, -0.2) is 8.78 Å². The third-order valence-corrected chi connectivity index (χ3v) is 4.09. The van der Waals surface area contributed by atoms with Crippen LogP contribution in [0.3, 0.4) is 0 Å². The molecule has 1 saturated carbocycles. The van der Waals surface area contributed by atoms with Gasteiger partial charge in [-0.05, 0) is 36.8 Å². The minimum atomic E-state index is -4.38. The van der Waals surface area contributed by atoms with Crippen molar-refractivity contribution in [1.29, 1.82) is 0 Å². The summed E-state index contributed by atoms with van der Waals surface area (Å²) in [4.78, 5) is 0. The fraction of sp³-hybridized carbons (Fsp3) is 0.600. The first-order valence-corrected chi connectivity index (χ1v) is 6.97. The number of alkyl halides is 5. The first kappa shape index (κ1) is 16.2. The van der Waals surface area contributed by atoms with Gasteiger partial charge < -0.3 is 5.73 Å². The Morgan fingerprint density at radius 2 is 1.81 bits per heavy atom. The Labute approximate surface area is 120 Å². The van der Waals surface area contributed by atoms with E-state index in [-0.39, 0.29) is 31.2 Å². The summed E-state index contributed by atoms with van der Waals surface area (Å²) in [5.74, 6) is -2.67. The van der Waals surface area contributed by atoms with Crippen molar-refractivity contribution in [2.75, 3.05) is 0 Å². The highest BCUT2D eigenvalue weighted by atomic mass is 19.4. The molecule has 0 aliphatic heterocycles. The van der Waals surface area contributed by atoms with E-state index in [2.05, 4.69) is 0 Å². The third-order valence-electron chi connectivity index (χ3n) is 4.09. The number of benzene rings is 1. The lowest BCUT2D eigenvalue weighted by Gasteiger charge is -2.32. The summed E-state index contributed by atoms with van der Waals surface area (Å²) in [6, 6.07) is 4.64. The zero-order valence-corrected chi connectivity index (χ0v) is 11.5. The van der Waals surface area contributed by atoms with Crippen LogP contribution in [-0.4, -0.2) is 12.0 Å². The molecule has 118 valence electrons. The van der Waals surface area contributed by atoms with Gasteiger partial charge in [-0.15, -0.1) is 0 Å². The summed E-state index contributed by atoms with van der Waals surface area (Å²) in [5, 5.41) is 0. The highest BCUT2D eigenvalue weighted by molar-refractivity contribution is 5.26. The van der Waals surface area contributed by atoms with Crippen LogP contribution in [0, 0.1) is 5.92 Å². The van der Waals surface area contributed by atoms with Gasteiger partial charge in [0, 0.05) is 18.9 Å². The molecule has 1 nitrogen and oxygen atoms in total. The van der Waals surface area contributed by atoms with Crippen LogP contribution in [0.4, 0.5) is 22.0 Å². The Kier molecular flexibility index (Phi) is 4.56. The van der Waals surface area contributed by atoms with Crippen molar-refractivity contribution in [2.24, 2.45) is 11.7 Å². The van der Waals surface area contributed by atoms with Crippen LogP contribution in [0.5, 0.6) is 0 Å². The lowest BCUT2D eigenvalue weighted by molar-refractivity contribution is -0.137. The molecule has 1 unspecified atom stereocenters. The summed E-state index contributed by atoms with van der Waals surface area (Å²) >= 11 is 0. The van der Waals surface area contributed by atoms with Crippen LogP contribution in [0.25, 0.3) is 0 Å². The van der Waals surface area contributed by atoms with Crippen molar-refractivity contribution in [3.05, 3.63) is 35.4 Å². The molecule has 0 amide bonds. The Hall–Kier alpha value is -1.17. The monoisotopic (exact) mass is 307 g/mol. The fourth-order valence-corrected chi connectivity index (χ4v) is 2.80. The van der Waals surface area contributed by atoms with Gasteiger partial charge in [0.25, 0.3) is 0 Å². The number of nitrogens with two attached hydrogens (primary N) is 1. The Morgan fingerprint density at radius 1 is 1.19 bits per heavy atom. The molecule has 2 rings (SSSR count). The van der Waals surface area contributed by atoms with Gasteiger partial charge in [0.2, 0.25) is 5.92 Å². The molecule has 0 radical (unpaired) electrons. The second kappa shape index (κ2) is 5.91. The summed E-state index contributed by atoms with van der Waals surface area (Å²) in [5.41, 5.74) is 5.79. The Bertz CT molecular complexity index is 473. The van der Waals surface area contributed by atoms with E-state index < -0.39 is 17.7 Å². The molecule has 6 heteroatoms. The molecule has 0 heterocycles. The molecular weight excluding hydrogens is 289 g/mol. The molecular formula is C15H18F5N. The lowest BCUT2D eigenvalue weighted by Crippen LogP contribution is -2.37. The van der Waals surface area contributed by atoms with E-state index in [9.17, 15) is 22.0 Å². The zero-order chi connectivity index (χ0) is 15.7. The zero-order valence-electron chi connectivity index (χ0n) is 11.5. The van der Waals surface area contributed by atoms with E-state index in [4.69, 9.17) is 5.73 Å². The lowest BCUT2D eigenvalue weighted by atomic mass is 9.80. The predicted octanol–water partition coefficient (Wildman–Crippen LogP) is 4.40. The van der Waals surface area contributed by atoms with Crippen LogP contribution in [0.2, 0.25) is 0 Å². The second-order valence-corrected chi connectivity index (χ2v) is 5.76. The number of hydrogen-bond donors (Lipinski definition) is 1. The SMILES string of the molecule is NC(Cc1cccc(C(F)(F)F)c1)C1CCC(F)(F)CC1. The van der Waals surface area contributed by atoms with Crippen LogP contribution in [0.1, 0.15) is 36.8 Å². The van der Waals surface area contributed by atoms with Crippen molar-refractivity contribution in [3.8, 4) is 0 Å². The predicted molar refractivity (Wildman–Crippen MR) is 70.0 cm³/mol. The molecule has 21 heavy (non-hydrogen) atoms. The van der Waals surface area contributed by atoms with Crippen molar-refractivity contribution in [2.45, 2.75) is 50.2 Å². The van der Waals surface area contributed by atoms with Gasteiger partial charge in [-0.3, -0.25) is 0 Å². The van der Waals surface area contributed by atoms with E-state index in [1.807, 2.05) is 0 Å². The van der Waals surface area contributed by atoms with Gasteiger partial charge in [0.1, 0.15) is 0 Å². The first-order chi connectivity index (χ1) is 9.67. The molecule has 0 aromatic heterocycles. The number of hydrogen-bond acceptors (Lipinski definition) is 1. The Balaban J connectivity index is 1.99. The van der Waals surface area contributed by atoms with Crippen molar-refractivity contribution in [1.82, 2.24) is 0 Å². The number of halogens is 5. The van der Waals surface area contributed by atoms with Crippen molar-refractivity contribution < 1.29 is 22.0 Å². The maximum atomic E-state index is 13.1. The van der Waals surface area contributed by atoms with E-state index in [0.717, 1.165) is 12.1 Å². The molecule has 1 aliphatic rings. The average Bonchev–Trinajstić information content (AvgIpc) is 2.37. The third kappa shape index (κ3) is 4.40. The summed E-state index contributed by atoms with van der Waals surface area (Å²) in [7, 11) is 0. The fourth-order valence-electron chi connectivity index (χ4n) is 2.80. The van der Waals surface area contributed by atoms with Crippen molar-refractivity contribution >= 4 is 0 Å². The normalized spacial score (nSPS) is 21.2. The highest BCUT2D eigenvalue weighted by Crippen LogP contribution is 2.37. The van der Waals surface area contributed by atoms with Gasteiger partial charge in [0.05, 0.1) is 5.56 Å². The molecule has 1 fully saturated rings. The summed E-state index contributed by atoms with van der Waals surface area (Å²) < 4.78 is 64.1. The largest absolute Gasteiger partial charge is 0.416 e. The molecule has 1 aliphatic carbocycles. The highest BCUT2D eigenvalue weighted by Gasteiger charge is 2.37. The Morgan fingerprint density at radius 3 is 2.38 bits per heavy atom. The van der Waals surface area contributed by atoms with E-state index in [1.165, 1.54) is 6.07 Å². The quantitative estimate of drug-likeness (QED) is 0.823. The van der Waals surface area contributed by atoms with Crippen molar-refractivity contribution in [3.63, 3.8) is 0 Å². The van der Waals surface area contributed by atoms with E-state index in [0.29, 0.717) is 18.4 Å². The smallest absolute Gasteiger partial charge is 0.327 e. The molecule has 0 bridgehead atoms.